The van der Waals surface area contributed by atoms with Gasteiger partial charge in [-0.05, 0) is 50.7 Å². The summed E-state index contributed by atoms with van der Waals surface area (Å²) in [5, 5.41) is 0. The molecule has 0 spiro atoms. The molecule has 0 fully saturated rings. The molecule has 0 aliphatic rings. The van der Waals surface area contributed by atoms with E-state index in [0.29, 0.717) is 0 Å². The summed E-state index contributed by atoms with van der Waals surface area (Å²) < 4.78 is 6.07. The topological polar surface area (TPSA) is 22.1 Å². The highest BCUT2D eigenvalue weighted by molar-refractivity contribution is 6.70. The van der Waals surface area contributed by atoms with Gasteiger partial charge in [0.1, 0.15) is 11.5 Å². The maximum atomic E-state index is 6.07. The van der Waals surface area contributed by atoms with Crippen LogP contribution in [0.2, 0.25) is 19.6 Å². The molecule has 0 aliphatic carbocycles. The molecule has 2 nitrogen and oxygen atoms in total. The number of nitrogens with zero attached hydrogens (tertiary/aromatic N) is 1. The molecule has 0 N–H and O–H groups in total. The van der Waals surface area contributed by atoms with Crippen LogP contribution in [0.4, 0.5) is 0 Å². The lowest BCUT2D eigenvalue weighted by atomic mass is 10.2. The number of allylic oxidation sites excluding steroid dienone is 2. The first kappa shape index (κ1) is 13.7. The number of hydrogen-bond acceptors (Lipinski definition) is 2. The molecule has 0 atom stereocenters. The summed E-state index contributed by atoms with van der Waals surface area (Å²) in [5.41, 5.74) is 0.916. The number of unbranched alkanes of at least 4 members (excludes halogenated alkanes) is 1. The monoisotopic (exact) mass is 247 g/mol. The Hall–Kier alpha value is -1.35. The van der Waals surface area contributed by atoms with E-state index >= 15 is 0 Å². The highest BCUT2D eigenvalue weighted by Crippen LogP contribution is 2.20. The summed E-state index contributed by atoms with van der Waals surface area (Å²) in [5.74, 6) is 0.909. The summed E-state index contributed by atoms with van der Waals surface area (Å²) in [6.45, 7) is 10.3. The molecule has 1 rings (SSSR count). The smallest absolute Gasteiger partial charge is 0.242 e. The maximum Gasteiger partial charge on any atom is 0.242 e. The minimum absolute atomic E-state index is 0.909. The van der Waals surface area contributed by atoms with Gasteiger partial charge in [0.2, 0.25) is 8.32 Å². The SMILES string of the molecule is C=CCC/C=C(\O[Si](C)(C)C)c1ccccn1. The summed E-state index contributed by atoms with van der Waals surface area (Å²) in [7, 11) is -1.60. The highest BCUT2D eigenvalue weighted by Gasteiger charge is 2.18. The third kappa shape index (κ3) is 5.50. The largest absolute Gasteiger partial charge is 0.543 e. The number of aromatic nitrogens is 1. The molecule has 0 radical (unpaired) electrons. The molecular formula is C14H21NOSi. The van der Waals surface area contributed by atoms with E-state index in [4.69, 9.17) is 4.43 Å². The second-order valence-electron chi connectivity index (χ2n) is 4.86. The van der Waals surface area contributed by atoms with E-state index in [0.717, 1.165) is 24.3 Å². The first-order valence-electron chi connectivity index (χ1n) is 5.94. The fourth-order valence-electron chi connectivity index (χ4n) is 1.37. The lowest BCUT2D eigenvalue weighted by Gasteiger charge is -2.21. The Morgan fingerprint density at radius 1 is 1.35 bits per heavy atom. The van der Waals surface area contributed by atoms with Crippen molar-refractivity contribution in [1.29, 1.82) is 0 Å². The van der Waals surface area contributed by atoms with Crippen LogP contribution in [-0.2, 0) is 4.43 Å². The summed E-state index contributed by atoms with van der Waals surface area (Å²) in [6, 6.07) is 5.89. The van der Waals surface area contributed by atoms with Crippen LogP contribution in [0, 0.1) is 0 Å². The zero-order valence-electron chi connectivity index (χ0n) is 10.9. The van der Waals surface area contributed by atoms with E-state index in [1.165, 1.54) is 0 Å². The molecule has 1 aromatic heterocycles. The Balaban J connectivity index is 2.86. The average molecular weight is 247 g/mol. The van der Waals surface area contributed by atoms with Gasteiger partial charge < -0.3 is 4.43 Å². The molecule has 0 aromatic carbocycles. The van der Waals surface area contributed by atoms with E-state index in [1.807, 2.05) is 24.3 Å². The van der Waals surface area contributed by atoms with Crippen LogP contribution in [0.3, 0.4) is 0 Å². The molecule has 0 saturated carbocycles. The van der Waals surface area contributed by atoms with E-state index in [-0.39, 0.29) is 0 Å². The van der Waals surface area contributed by atoms with Crippen LogP contribution in [0.1, 0.15) is 18.5 Å². The second-order valence-corrected chi connectivity index (χ2v) is 9.29. The van der Waals surface area contributed by atoms with E-state index in [2.05, 4.69) is 37.3 Å². The number of pyridine rings is 1. The van der Waals surface area contributed by atoms with Crippen molar-refractivity contribution in [2.24, 2.45) is 0 Å². The third-order valence-corrected chi connectivity index (χ3v) is 2.87. The molecule has 0 saturated heterocycles. The molecular weight excluding hydrogens is 226 g/mol. The van der Waals surface area contributed by atoms with Gasteiger partial charge in [0.15, 0.2) is 0 Å². The van der Waals surface area contributed by atoms with Gasteiger partial charge in [-0.3, -0.25) is 4.98 Å². The molecule has 3 heteroatoms. The Morgan fingerprint density at radius 2 is 2.12 bits per heavy atom. The normalized spacial score (nSPS) is 12.3. The van der Waals surface area contributed by atoms with Crippen molar-refractivity contribution in [3.8, 4) is 0 Å². The molecule has 17 heavy (non-hydrogen) atoms. The molecule has 1 aromatic rings. The van der Waals surface area contributed by atoms with E-state index < -0.39 is 8.32 Å². The van der Waals surface area contributed by atoms with E-state index in [1.54, 1.807) is 6.20 Å². The molecule has 0 unspecified atom stereocenters. The first-order chi connectivity index (χ1) is 8.03. The Morgan fingerprint density at radius 3 is 2.65 bits per heavy atom. The number of rotatable bonds is 6. The Labute approximate surface area is 105 Å². The highest BCUT2D eigenvalue weighted by atomic mass is 28.4. The first-order valence-corrected chi connectivity index (χ1v) is 9.35. The van der Waals surface area contributed by atoms with Crippen molar-refractivity contribution >= 4 is 14.1 Å². The van der Waals surface area contributed by atoms with Crippen LogP contribution in [-0.4, -0.2) is 13.3 Å². The van der Waals surface area contributed by atoms with Crippen molar-refractivity contribution in [1.82, 2.24) is 4.98 Å². The molecule has 92 valence electrons. The van der Waals surface area contributed by atoms with Crippen LogP contribution in [0.15, 0.2) is 43.1 Å². The average Bonchev–Trinajstić information content (AvgIpc) is 2.28. The lowest BCUT2D eigenvalue weighted by Crippen LogP contribution is -2.24. The summed E-state index contributed by atoms with van der Waals surface area (Å²) in [4.78, 5) is 4.35. The van der Waals surface area contributed by atoms with Gasteiger partial charge in [-0.15, -0.1) is 6.58 Å². The minimum atomic E-state index is -1.60. The Kier molecular flexibility index (Phi) is 5.16. The van der Waals surface area contributed by atoms with Crippen LogP contribution < -0.4 is 0 Å². The van der Waals surface area contributed by atoms with E-state index in [9.17, 15) is 0 Å². The molecule has 0 bridgehead atoms. The standard InChI is InChI=1S/C14H21NOSi/c1-5-6-7-11-14(16-17(2,3)4)13-10-8-9-12-15-13/h5,8-12H,1,6-7H2,2-4H3/b14-11-. The zero-order valence-corrected chi connectivity index (χ0v) is 11.9. The number of hydrogen-bond donors (Lipinski definition) is 0. The minimum Gasteiger partial charge on any atom is -0.543 e. The van der Waals surface area contributed by atoms with Crippen LogP contribution in [0.5, 0.6) is 0 Å². The van der Waals surface area contributed by atoms with Gasteiger partial charge in [-0.1, -0.05) is 12.1 Å². The predicted molar refractivity (Wildman–Crippen MR) is 76.1 cm³/mol. The predicted octanol–water partition coefficient (Wildman–Crippen LogP) is 4.24. The van der Waals surface area contributed by atoms with Crippen LogP contribution in [0.25, 0.3) is 5.76 Å². The second kappa shape index (κ2) is 6.40. The summed E-state index contributed by atoms with van der Waals surface area (Å²) >= 11 is 0. The van der Waals surface area contributed by atoms with Gasteiger partial charge in [0, 0.05) is 6.20 Å². The van der Waals surface area contributed by atoms with Crippen molar-refractivity contribution in [3.63, 3.8) is 0 Å². The Bertz CT molecular complexity index is 379. The van der Waals surface area contributed by atoms with Crippen molar-refractivity contribution in [2.75, 3.05) is 0 Å². The van der Waals surface area contributed by atoms with Crippen molar-refractivity contribution in [3.05, 3.63) is 48.8 Å². The van der Waals surface area contributed by atoms with Crippen molar-refractivity contribution in [2.45, 2.75) is 32.5 Å². The lowest BCUT2D eigenvalue weighted by molar-refractivity contribution is 0.509. The van der Waals surface area contributed by atoms with Gasteiger partial charge in [0.25, 0.3) is 0 Å². The van der Waals surface area contributed by atoms with Gasteiger partial charge in [0.05, 0.1) is 0 Å². The molecule has 1 heterocycles. The molecule has 0 aliphatic heterocycles. The third-order valence-electron chi connectivity index (χ3n) is 2.03. The van der Waals surface area contributed by atoms with Gasteiger partial charge in [-0.2, -0.15) is 0 Å². The van der Waals surface area contributed by atoms with Gasteiger partial charge >= 0.3 is 0 Å². The van der Waals surface area contributed by atoms with Gasteiger partial charge in [-0.25, -0.2) is 0 Å². The maximum absolute atomic E-state index is 6.07. The fourth-order valence-corrected chi connectivity index (χ4v) is 2.22. The zero-order chi connectivity index (χ0) is 12.7. The summed E-state index contributed by atoms with van der Waals surface area (Å²) in [6.07, 6.45) is 7.73. The molecule has 0 amide bonds. The van der Waals surface area contributed by atoms with Crippen LogP contribution >= 0.6 is 0 Å². The fraction of sp³-hybridized carbons (Fsp3) is 0.357. The van der Waals surface area contributed by atoms with Crippen molar-refractivity contribution < 1.29 is 4.43 Å². The quantitative estimate of drug-likeness (QED) is 0.325.